The lowest BCUT2D eigenvalue weighted by Gasteiger charge is -2.38. The lowest BCUT2D eigenvalue weighted by molar-refractivity contribution is 0.242. The molecule has 2 fully saturated rings. The summed E-state index contributed by atoms with van der Waals surface area (Å²) in [6.07, 6.45) is 4.81. The van der Waals surface area contributed by atoms with Crippen LogP contribution in [0.1, 0.15) is 6.42 Å². The van der Waals surface area contributed by atoms with Crippen molar-refractivity contribution in [3.63, 3.8) is 0 Å². The highest BCUT2D eigenvalue weighted by Crippen LogP contribution is 2.56. The second-order valence-electron chi connectivity index (χ2n) is 5.51. The van der Waals surface area contributed by atoms with Gasteiger partial charge in [-0.25, -0.2) is 5.01 Å². The monoisotopic (exact) mass is 240 g/mol. The molecular weight excluding hydrogens is 228 g/mol. The molecule has 6 atom stereocenters. The second-order valence-corrected chi connectivity index (χ2v) is 5.51. The van der Waals surface area contributed by atoms with Gasteiger partial charge in [-0.3, -0.25) is 4.98 Å². The van der Waals surface area contributed by atoms with Gasteiger partial charge in [0.25, 0.3) is 0 Å². The van der Waals surface area contributed by atoms with Gasteiger partial charge in [0.1, 0.15) is 18.1 Å². The molecule has 0 aromatic carbocycles. The Bertz CT molecular complexity index is 555. The topological polar surface area (TPSA) is 65.6 Å². The summed E-state index contributed by atoms with van der Waals surface area (Å²) in [4.78, 5) is 4.06. The van der Waals surface area contributed by atoms with Crippen molar-refractivity contribution in [3.8, 4) is 0 Å². The molecule has 6 heteroatoms. The Morgan fingerprint density at radius 3 is 2.50 bits per heavy atom. The van der Waals surface area contributed by atoms with E-state index in [9.17, 15) is 0 Å². The number of aromatic nitrogens is 1. The molecule has 3 heterocycles. The van der Waals surface area contributed by atoms with Crippen molar-refractivity contribution >= 4 is 5.69 Å². The fourth-order valence-corrected chi connectivity index (χ4v) is 4.06. The first-order valence-electron chi connectivity index (χ1n) is 6.43. The molecule has 0 saturated heterocycles. The SMILES string of the molecule is c1cc(N2N=N[C@H]3[C@H]4C[C@H]([C@@H]5N=N[C@H]45)[C@H]32)ccn1. The molecule has 0 radical (unpaired) electrons. The van der Waals surface area contributed by atoms with Crippen molar-refractivity contribution < 1.29 is 0 Å². The average molecular weight is 240 g/mol. The van der Waals surface area contributed by atoms with Gasteiger partial charge in [0, 0.05) is 24.2 Å². The van der Waals surface area contributed by atoms with E-state index in [0.29, 0.717) is 36.0 Å². The maximum Gasteiger partial charge on any atom is 0.101 e. The molecule has 0 spiro atoms. The Labute approximate surface area is 104 Å². The Morgan fingerprint density at radius 1 is 0.944 bits per heavy atom. The third-order valence-electron chi connectivity index (χ3n) is 4.82. The molecule has 2 saturated carbocycles. The molecule has 2 bridgehead atoms. The van der Waals surface area contributed by atoms with Crippen LogP contribution in [0.25, 0.3) is 0 Å². The average Bonchev–Trinajstić information content (AvgIpc) is 2.98. The van der Waals surface area contributed by atoms with Crippen LogP contribution < -0.4 is 5.01 Å². The quantitative estimate of drug-likeness (QED) is 0.752. The molecule has 18 heavy (non-hydrogen) atoms. The van der Waals surface area contributed by atoms with Crippen LogP contribution in [-0.2, 0) is 0 Å². The molecule has 90 valence electrons. The van der Waals surface area contributed by atoms with Crippen LogP contribution in [0.3, 0.4) is 0 Å². The van der Waals surface area contributed by atoms with Crippen molar-refractivity contribution in [2.45, 2.75) is 30.6 Å². The van der Waals surface area contributed by atoms with Gasteiger partial charge in [0.05, 0.1) is 11.7 Å². The number of anilines is 1. The zero-order valence-electron chi connectivity index (χ0n) is 9.66. The van der Waals surface area contributed by atoms with Gasteiger partial charge in [-0.1, -0.05) is 5.22 Å². The molecule has 2 aliphatic heterocycles. The number of fused-ring (bicyclic) bond motifs is 8. The smallest absolute Gasteiger partial charge is 0.101 e. The molecule has 0 amide bonds. The van der Waals surface area contributed by atoms with Crippen molar-refractivity contribution in [3.05, 3.63) is 24.5 Å². The summed E-state index contributed by atoms with van der Waals surface area (Å²) in [5.74, 6) is 1.14. The van der Waals surface area contributed by atoms with Gasteiger partial charge < -0.3 is 0 Å². The molecule has 1 aromatic rings. The summed E-state index contributed by atoms with van der Waals surface area (Å²) in [5.41, 5.74) is 1.08. The van der Waals surface area contributed by atoms with E-state index in [2.05, 4.69) is 30.6 Å². The molecule has 2 aliphatic carbocycles. The number of hydrogen-bond acceptors (Lipinski definition) is 6. The highest BCUT2D eigenvalue weighted by molar-refractivity contribution is 5.48. The zero-order chi connectivity index (χ0) is 11.7. The summed E-state index contributed by atoms with van der Waals surface area (Å²) in [5, 5.41) is 19.5. The largest absolute Gasteiger partial charge is 0.265 e. The first-order valence-corrected chi connectivity index (χ1v) is 6.43. The van der Waals surface area contributed by atoms with E-state index in [4.69, 9.17) is 0 Å². The first kappa shape index (κ1) is 9.13. The molecule has 0 N–H and O–H groups in total. The number of nitrogens with zero attached hydrogens (tertiary/aromatic N) is 6. The Hall–Kier alpha value is -1.85. The van der Waals surface area contributed by atoms with E-state index in [-0.39, 0.29) is 0 Å². The van der Waals surface area contributed by atoms with E-state index in [1.54, 1.807) is 12.4 Å². The van der Waals surface area contributed by atoms with Crippen molar-refractivity contribution in [2.75, 3.05) is 5.01 Å². The van der Waals surface area contributed by atoms with Gasteiger partial charge in [0.15, 0.2) is 0 Å². The van der Waals surface area contributed by atoms with Crippen LogP contribution in [0, 0.1) is 11.8 Å². The number of hydrogen-bond donors (Lipinski definition) is 0. The van der Waals surface area contributed by atoms with Gasteiger partial charge in [0.2, 0.25) is 0 Å². The third kappa shape index (κ3) is 0.900. The number of azo groups is 1. The lowest BCUT2D eigenvalue weighted by Crippen LogP contribution is -2.52. The second kappa shape index (κ2) is 2.93. The normalized spacial score (nSPS) is 46.1. The van der Waals surface area contributed by atoms with Gasteiger partial charge in [-0.15, -0.1) is 0 Å². The summed E-state index contributed by atoms with van der Waals surface area (Å²) in [6, 6.07) is 5.57. The van der Waals surface area contributed by atoms with Crippen molar-refractivity contribution in [2.24, 2.45) is 32.4 Å². The molecule has 5 rings (SSSR count). The molecule has 4 aliphatic rings. The summed E-state index contributed by atoms with van der Waals surface area (Å²) < 4.78 is 0. The molecule has 1 aromatic heterocycles. The molecular formula is C12H12N6. The summed E-state index contributed by atoms with van der Waals surface area (Å²) in [6.45, 7) is 0. The van der Waals surface area contributed by atoms with E-state index in [0.717, 1.165) is 5.69 Å². The van der Waals surface area contributed by atoms with E-state index in [1.165, 1.54) is 6.42 Å². The molecule has 0 unspecified atom stereocenters. The van der Waals surface area contributed by atoms with E-state index < -0.39 is 0 Å². The van der Waals surface area contributed by atoms with Gasteiger partial charge in [-0.05, 0) is 18.6 Å². The number of pyridine rings is 1. The first-order chi connectivity index (χ1) is 8.93. The van der Waals surface area contributed by atoms with Gasteiger partial charge >= 0.3 is 0 Å². The predicted molar refractivity (Wildman–Crippen MR) is 63.2 cm³/mol. The highest BCUT2D eigenvalue weighted by Gasteiger charge is 2.65. The third-order valence-corrected chi connectivity index (χ3v) is 4.82. The fraction of sp³-hybridized carbons (Fsp3) is 0.583. The minimum absolute atomic E-state index is 0.323. The van der Waals surface area contributed by atoms with Crippen molar-refractivity contribution in [1.82, 2.24) is 4.98 Å². The van der Waals surface area contributed by atoms with Crippen LogP contribution in [0.2, 0.25) is 0 Å². The van der Waals surface area contributed by atoms with Gasteiger partial charge in [-0.2, -0.15) is 15.3 Å². The fourth-order valence-electron chi connectivity index (χ4n) is 4.06. The predicted octanol–water partition coefficient (Wildman–Crippen LogP) is 1.86. The highest BCUT2D eigenvalue weighted by atomic mass is 15.6. The van der Waals surface area contributed by atoms with E-state index in [1.807, 2.05) is 12.1 Å². The Morgan fingerprint density at radius 2 is 1.72 bits per heavy atom. The molecule has 6 nitrogen and oxygen atoms in total. The number of rotatable bonds is 1. The minimum Gasteiger partial charge on any atom is -0.265 e. The minimum atomic E-state index is 0.323. The maximum absolute atomic E-state index is 4.49. The maximum atomic E-state index is 4.49. The lowest BCUT2D eigenvalue weighted by atomic mass is 9.82. The Kier molecular flexibility index (Phi) is 1.49. The zero-order valence-corrected chi connectivity index (χ0v) is 9.66. The van der Waals surface area contributed by atoms with E-state index >= 15 is 0 Å². The van der Waals surface area contributed by atoms with Crippen molar-refractivity contribution in [1.29, 1.82) is 0 Å². The van der Waals surface area contributed by atoms with Crippen LogP contribution in [0.5, 0.6) is 0 Å². The standard InChI is InChI=1S/C12H12N6/c1-3-13-4-2-6(1)18-12-8-5-7(11(12)16-17-18)9-10(8)15-14-9/h1-4,7-12H,5H2/t7-,8+,9+,10-,11-,12+/m0/s1. The van der Waals surface area contributed by atoms with Crippen LogP contribution in [0.4, 0.5) is 5.69 Å². The Balaban J connectivity index is 1.55. The summed E-state index contributed by atoms with van der Waals surface area (Å²) in [7, 11) is 0. The van der Waals surface area contributed by atoms with Crippen LogP contribution >= 0.6 is 0 Å². The van der Waals surface area contributed by atoms with Crippen LogP contribution in [0.15, 0.2) is 45.1 Å². The summed E-state index contributed by atoms with van der Waals surface area (Å²) >= 11 is 0. The van der Waals surface area contributed by atoms with Crippen LogP contribution in [-0.4, -0.2) is 29.2 Å².